The minimum Gasteiger partial charge on any atom is -0.494 e. The molecule has 0 bridgehead atoms. The molecule has 0 saturated carbocycles. The molecule has 2 aromatic heterocycles. The highest BCUT2D eigenvalue weighted by Gasteiger charge is 2.34. The molecular weight excluding hydrogens is 507 g/mol. The maximum atomic E-state index is 14.2. The van der Waals surface area contributed by atoms with Gasteiger partial charge in [-0.15, -0.1) is 0 Å². The van der Waals surface area contributed by atoms with Crippen LogP contribution >= 0.6 is 0 Å². The number of hydrogen-bond acceptors (Lipinski definition) is 6. The molecule has 3 heterocycles. The van der Waals surface area contributed by atoms with Crippen molar-refractivity contribution in [3.63, 3.8) is 0 Å². The third-order valence-corrected chi connectivity index (χ3v) is 5.81. The van der Waals surface area contributed by atoms with Gasteiger partial charge in [0, 0.05) is 18.0 Å². The predicted octanol–water partition coefficient (Wildman–Crippen LogP) is 5.97. The number of halogens is 5. The highest BCUT2D eigenvalue weighted by molar-refractivity contribution is 5.80. The average molecular weight is 528 g/mol. The van der Waals surface area contributed by atoms with E-state index in [1.807, 2.05) is 6.92 Å². The first-order valence-corrected chi connectivity index (χ1v) is 11.7. The van der Waals surface area contributed by atoms with Gasteiger partial charge in [0.1, 0.15) is 17.4 Å². The molecule has 12 heteroatoms. The van der Waals surface area contributed by atoms with Crippen molar-refractivity contribution in [3.05, 3.63) is 83.2 Å². The van der Waals surface area contributed by atoms with E-state index in [-0.39, 0.29) is 41.4 Å². The molecule has 0 fully saturated rings. The number of imidazole rings is 1. The fourth-order valence-electron chi connectivity index (χ4n) is 3.97. The van der Waals surface area contributed by atoms with E-state index in [4.69, 9.17) is 4.74 Å². The molecule has 1 aliphatic heterocycles. The Hall–Kier alpha value is -4.35. The van der Waals surface area contributed by atoms with Gasteiger partial charge in [0.25, 0.3) is 0 Å². The number of fused-ring (bicyclic) bond motifs is 1. The Morgan fingerprint density at radius 2 is 1.84 bits per heavy atom. The molecule has 0 atom stereocenters. The van der Waals surface area contributed by atoms with Crippen molar-refractivity contribution >= 4 is 6.21 Å². The summed E-state index contributed by atoms with van der Waals surface area (Å²) in [4.78, 5) is 15.8. The van der Waals surface area contributed by atoms with E-state index in [0.29, 0.717) is 30.2 Å². The molecule has 7 nitrogen and oxygen atoms in total. The lowest BCUT2D eigenvalue weighted by atomic mass is 10.0. The van der Waals surface area contributed by atoms with E-state index in [0.717, 1.165) is 12.1 Å². The quantitative estimate of drug-likeness (QED) is 0.299. The SMILES string of the molecule is CCCOc1ccc(-c2cnc(CN3Cc4nc(-c5cccc(F)c5F)[nH]c4C=N3)nc2)c(C(F)(F)F)c1. The lowest BCUT2D eigenvalue weighted by molar-refractivity contribution is -0.137. The molecule has 0 spiro atoms. The molecule has 2 aromatic carbocycles. The molecule has 1 aliphatic rings. The Labute approximate surface area is 214 Å². The Bertz CT molecular complexity index is 1480. The standard InChI is InChI=1S/C26H21F5N6O/c1-2-8-38-16-6-7-17(19(9-16)26(29,30)31)15-10-32-23(33-11-15)14-37-13-22-21(12-34-37)35-25(36-22)18-4-3-5-20(27)24(18)28/h3-7,9-12H,2,8,13-14H2,1H3,(H,35,36). The first-order valence-electron chi connectivity index (χ1n) is 11.7. The summed E-state index contributed by atoms with van der Waals surface area (Å²) in [6.45, 7) is 2.58. The van der Waals surface area contributed by atoms with Gasteiger partial charge in [0.05, 0.1) is 48.4 Å². The van der Waals surface area contributed by atoms with Crippen LogP contribution in [0.15, 0.2) is 53.9 Å². The predicted molar refractivity (Wildman–Crippen MR) is 129 cm³/mol. The van der Waals surface area contributed by atoms with Crippen molar-refractivity contribution in [2.24, 2.45) is 5.10 Å². The van der Waals surface area contributed by atoms with Gasteiger partial charge in [-0.05, 0) is 42.3 Å². The zero-order chi connectivity index (χ0) is 26.9. The van der Waals surface area contributed by atoms with Crippen molar-refractivity contribution < 1.29 is 26.7 Å². The minimum atomic E-state index is -4.59. The number of H-pyrrole nitrogens is 1. The summed E-state index contributed by atoms with van der Waals surface area (Å²) in [5, 5.41) is 5.90. The van der Waals surface area contributed by atoms with E-state index >= 15 is 0 Å². The monoisotopic (exact) mass is 528 g/mol. The van der Waals surface area contributed by atoms with Crippen LogP contribution in [-0.4, -0.2) is 37.8 Å². The van der Waals surface area contributed by atoms with Crippen LogP contribution in [0.25, 0.3) is 22.5 Å². The first-order chi connectivity index (χ1) is 18.2. The molecule has 0 aliphatic carbocycles. The lowest BCUT2D eigenvalue weighted by Crippen LogP contribution is -2.22. The number of nitrogens with one attached hydrogen (secondary N) is 1. The lowest BCUT2D eigenvalue weighted by Gasteiger charge is -2.20. The highest BCUT2D eigenvalue weighted by Crippen LogP contribution is 2.39. The summed E-state index contributed by atoms with van der Waals surface area (Å²) in [5.74, 6) is -1.33. The van der Waals surface area contributed by atoms with Gasteiger partial charge in [-0.2, -0.15) is 18.3 Å². The van der Waals surface area contributed by atoms with Crippen LogP contribution in [0.1, 0.15) is 36.1 Å². The summed E-state index contributed by atoms with van der Waals surface area (Å²) in [7, 11) is 0. The summed E-state index contributed by atoms with van der Waals surface area (Å²) in [6.07, 6.45) is 0.249. The average Bonchev–Trinajstić information content (AvgIpc) is 3.32. The smallest absolute Gasteiger partial charge is 0.417 e. The Balaban J connectivity index is 1.31. The number of ether oxygens (including phenoxy) is 1. The van der Waals surface area contributed by atoms with Gasteiger partial charge in [-0.3, -0.25) is 5.01 Å². The van der Waals surface area contributed by atoms with Crippen LogP contribution < -0.4 is 4.74 Å². The zero-order valence-corrected chi connectivity index (χ0v) is 20.1. The van der Waals surface area contributed by atoms with Crippen molar-refractivity contribution in [2.45, 2.75) is 32.6 Å². The number of aromatic nitrogens is 4. The molecule has 0 amide bonds. The van der Waals surface area contributed by atoms with Crippen molar-refractivity contribution in [1.82, 2.24) is 24.9 Å². The fourth-order valence-corrected chi connectivity index (χ4v) is 3.97. The molecule has 0 saturated heterocycles. The molecule has 1 N–H and O–H groups in total. The van der Waals surface area contributed by atoms with E-state index in [2.05, 4.69) is 25.0 Å². The second kappa shape index (κ2) is 10.2. The van der Waals surface area contributed by atoms with E-state index < -0.39 is 23.4 Å². The highest BCUT2D eigenvalue weighted by atomic mass is 19.4. The second-order valence-corrected chi connectivity index (χ2v) is 8.56. The van der Waals surface area contributed by atoms with Crippen molar-refractivity contribution in [3.8, 4) is 28.3 Å². The van der Waals surface area contributed by atoms with Crippen molar-refractivity contribution in [1.29, 1.82) is 0 Å². The van der Waals surface area contributed by atoms with E-state index in [1.165, 1.54) is 42.9 Å². The van der Waals surface area contributed by atoms with Gasteiger partial charge < -0.3 is 9.72 Å². The number of hydrogen-bond donors (Lipinski definition) is 1. The van der Waals surface area contributed by atoms with Gasteiger partial charge in [0.2, 0.25) is 0 Å². The van der Waals surface area contributed by atoms with Crippen LogP contribution in [0.3, 0.4) is 0 Å². The van der Waals surface area contributed by atoms with E-state index in [9.17, 15) is 22.0 Å². The number of alkyl halides is 3. The van der Waals surface area contributed by atoms with Gasteiger partial charge in [-0.1, -0.05) is 13.0 Å². The maximum absolute atomic E-state index is 14.2. The second-order valence-electron chi connectivity index (χ2n) is 8.56. The van der Waals surface area contributed by atoms with Crippen LogP contribution in [0.4, 0.5) is 22.0 Å². The summed E-state index contributed by atoms with van der Waals surface area (Å²) >= 11 is 0. The third kappa shape index (κ3) is 5.20. The first kappa shape index (κ1) is 25.3. The molecule has 196 valence electrons. The molecule has 38 heavy (non-hydrogen) atoms. The largest absolute Gasteiger partial charge is 0.494 e. The van der Waals surface area contributed by atoms with Gasteiger partial charge in [0.15, 0.2) is 11.6 Å². The molecule has 5 rings (SSSR count). The number of hydrazone groups is 1. The van der Waals surface area contributed by atoms with Gasteiger partial charge >= 0.3 is 6.18 Å². The summed E-state index contributed by atoms with van der Waals surface area (Å²) < 4.78 is 74.3. The topological polar surface area (TPSA) is 79.3 Å². The fraction of sp³-hybridized carbons (Fsp3) is 0.231. The molecule has 0 unspecified atom stereocenters. The van der Waals surface area contributed by atoms with Crippen LogP contribution in [0.2, 0.25) is 0 Å². The molecule has 4 aromatic rings. The third-order valence-electron chi connectivity index (χ3n) is 5.81. The van der Waals surface area contributed by atoms with Crippen LogP contribution in [0.5, 0.6) is 5.75 Å². The number of aromatic amines is 1. The van der Waals surface area contributed by atoms with Gasteiger partial charge in [-0.25, -0.2) is 23.7 Å². The summed E-state index contributed by atoms with van der Waals surface area (Å²) in [6, 6.07) is 7.65. The Kier molecular flexibility index (Phi) is 6.79. The van der Waals surface area contributed by atoms with Crippen LogP contribution in [0, 0.1) is 11.6 Å². The Morgan fingerprint density at radius 3 is 2.58 bits per heavy atom. The normalized spacial score (nSPS) is 13.1. The number of nitrogens with zero attached hydrogens (tertiary/aromatic N) is 5. The minimum absolute atomic E-state index is 0.00135. The molecule has 0 radical (unpaired) electrons. The Morgan fingerprint density at radius 1 is 1.05 bits per heavy atom. The summed E-state index contributed by atoms with van der Waals surface area (Å²) in [5.41, 5.74) is 0.447. The maximum Gasteiger partial charge on any atom is 0.417 e. The zero-order valence-electron chi connectivity index (χ0n) is 20.1. The number of rotatable bonds is 7. The molecular formula is C26H21F5N6O. The van der Waals surface area contributed by atoms with Crippen molar-refractivity contribution in [2.75, 3.05) is 6.61 Å². The van der Waals surface area contributed by atoms with E-state index in [1.54, 1.807) is 5.01 Å². The number of benzene rings is 2. The van der Waals surface area contributed by atoms with Crippen LogP contribution in [-0.2, 0) is 19.3 Å².